The predicted octanol–water partition coefficient (Wildman–Crippen LogP) is 4.19. The monoisotopic (exact) mass is 475 g/mol. The Morgan fingerprint density at radius 2 is 1.91 bits per heavy atom. The number of hydrogen-bond acceptors (Lipinski definition) is 5. The third-order valence-electron chi connectivity index (χ3n) is 5.33. The lowest BCUT2D eigenvalue weighted by Crippen LogP contribution is -2.22. The summed E-state index contributed by atoms with van der Waals surface area (Å²) in [5.74, 6) is -0.0506. The molecule has 172 valence electrons. The lowest BCUT2D eigenvalue weighted by molar-refractivity contribution is -0.141. The maximum Gasteiger partial charge on any atom is 0.406 e. The number of rotatable bonds is 7. The number of alkyl halides is 3. The summed E-state index contributed by atoms with van der Waals surface area (Å²) in [6, 6.07) is 8.48. The van der Waals surface area contributed by atoms with Crippen LogP contribution in [-0.4, -0.2) is 41.4 Å². The van der Waals surface area contributed by atoms with Gasteiger partial charge in [-0.1, -0.05) is 30.0 Å². The quantitative estimate of drug-likeness (QED) is 0.228. The van der Waals surface area contributed by atoms with E-state index in [1.807, 2.05) is 0 Å². The molecule has 0 fully saturated rings. The Morgan fingerprint density at radius 3 is 2.61 bits per heavy atom. The Labute approximate surface area is 190 Å². The molecule has 0 aliphatic carbocycles. The summed E-state index contributed by atoms with van der Waals surface area (Å²) in [5.41, 5.74) is 1.25. The van der Waals surface area contributed by atoms with E-state index >= 15 is 0 Å². The van der Waals surface area contributed by atoms with E-state index in [1.165, 1.54) is 17.6 Å². The summed E-state index contributed by atoms with van der Waals surface area (Å²) < 4.78 is 42.9. The minimum absolute atomic E-state index is 0.0496. The SMILES string of the molecule is C=CCn1c(=O)c2ccccc2n2c(SCC(=O)c3cc(C)n(CC(F)(F)F)c3C)nnc12. The van der Waals surface area contributed by atoms with Crippen molar-refractivity contribution in [2.75, 3.05) is 5.75 Å². The van der Waals surface area contributed by atoms with Crippen LogP contribution < -0.4 is 5.56 Å². The molecular formula is C22H20F3N5O2S. The van der Waals surface area contributed by atoms with E-state index in [1.54, 1.807) is 41.7 Å². The zero-order chi connectivity index (χ0) is 23.9. The number of hydrogen-bond donors (Lipinski definition) is 0. The van der Waals surface area contributed by atoms with Gasteiger partial charge in [-0.2, -0.15) is 13.2 Å². The second-order valence-corrected chi connectivity index (χ2v) is 8.48. The van der Waals surface area contributed by atoms with Crippen molar-refractivity contribution in [3.8, 4) is 0 Å². The topological polar surface area (TPSA) is 74.2 Å². The molecule has 0 spiro atoms. The van der Waals surface area contributed by atoms with Gasteiger partial charge in [0.05, 0.1) is 16.7 Å². The van der Waals surface area contributed by atoms with Gasteiger partial charge in [0.1, 0.15) is 6.54 Å². The lowest BCUT2D eigenvalue weighted by Gasteiger charge is -2.12. The van der Waals surface area contributed by atoms with Gasteiger partial charge in [-0.15, -0.1) is 16.8 Å². The first-order valence-electron chi connectivity index (χ1n) is 9.99. The van der Waals surface area contributed by atoms with Crippen molar-refractivity contribution < 1.29 is 18.0 Å². The minimum atomic E-state index is -4.38. The van der Waals surface area contributed by atoms with Crippen LogP contribution in [0.2, 0.25) is 0 Å². The van der Waals surface area contributed by atoms with Crippen LogP contribution in [0.3, 0.4) is 0 Å². The zero-order valence-corrected chi connectivity index (χ0v) is 18.7. The van der Waals surface area contributed by atoms with Gasteiger partial charge in [-0.25, -0.2) is 0 Å². The molecule has 0 aliphatic heterocycles. The highest BCUT2D eigenvalue weighted by molar-refractivity contribution is 7.99. The van der Waals surface area contributed by atoms with Gasteiger partial charge >= 0.3 is 6.18 Å². The van der Waals surface area contributed by atoms with Crippen molar-refractivity contribution in [2.24, 2.45) is 0 Å². The number of carbonyl (C=O) groups excluding carboxylic acids is 1. The predicted molar refractivity (Wildman–Crippen MR) is 120 cm³/mol. The van der Waals surface area contributed by atoms with E-state index in [-0.39, 0.29) is 34.9 Å². The van der Waals surface area contributed by atoms with Crippen molar-refractivity contribution in [1.82, 2.24) is 23.7 Å². The van der Waals surface area contributed by atoms with E-state index in [9.17, 15) is 22.8 Å². The van der Waals surface area contributed by atoms with Crippen LogP contribution in [-0.2, 0) is 13.1 Å². The van der Waals surface area contributed by atoms with Crippen LogP contribution >= 0.6 is 11.8 Å². The fraction of sp³-hybridized carbons (Fsp3) is 0.273. The van der Waals surface area contributed by atoms with E-state index in [0.29, 0.717) is 27.5 Å². The molecule has 3 aromatic heterocycles. The molecule has 0 amide bonds. The number of benzene rings is 1. The lowest BCUT2D eigenvalue weighted by atomic mass is 10.2. The van der Waals surface area contributed by atoms with E-state index < -0.39 is 12.7 Å². The molecule has 0 bridgehead atoms. The summed E-state index contributed by atoms with van der Waals surface area (Å²) >= 11 is 1.11. The van der Waals surface area contributed by atoms with Gasteiger partial charge in [0.15, 0.2) is 10.9 Å². The number of para-hydroxylation sites is 1. The number of allylic oxidation sites excluding steroid dienone is 1. The summed E-state index contributed by atoms with van der Waals surface area (Å²) in [5, 5.41) is 9.17. The maximum atomic E-state index is 12.9. The van der Waals surface area contributed by atoms with Gasteiger partial charge < -0.3 is 4.57 Å². The van der Waals surface area contributed by atoms with Gasteiger partial charge in [0, 0.05) is 23.5 Å². The van der Waals surface area contributed by atoms with Gasteiger partial charge in [0.2, 0.25) is 5.78 Å². The van der Waals surface area contributed by atoms with E-state index in [4.69, 9.17) is 0 Å². The molecule has 0 unspecified atom stereocenters. The molecule has 11 heteroatoms. The average molecular weight is 475 g/mol. The maximum absolute atomic E-state index is 12.9. The fourth-order valence-electron chi connectivity index (χ4n) is 3.83. The van der Waals surface area contributed by atoms with Crippen LogP contribution in [0.5, 0.6) is 0 Å². The average Bonchev–Trinajstić information content (AvgIpc) is 3.30. The second-order valence-electron chi connectivity index (χ2n) is 7.54. The molecule has 0 N–H and O–H groups in total. The standard InChI is InChI=1S/C22H20F3N5O2S/c1-4-9-28-19(32)15-7-5-6-8-17(15)30-20(28)26-27-21(30)33-11-18(31)16-10-13(2)29(14(16)3)12-22(23,24)25/h4-8,10H,1,9,11-12H2,2-3H3. The molecule has 3 heterocycles. The minimum Gasteiger partial charge on any atom is -0.339 e. The smallest absolute Gasteiger partial charge is 0.339 e. The fourth-order valence-corrected chi connectivity index (χ4v) is 4.66. The number of aromatic nitrogens is 5. The van der Waals surface area contributed by atoms with Crippen LogP contribution in [0.1, 0.15) is 21.7 Å². The second kappa shape index (κ2) is 8.54. The van der Waals surface area contributed by atoms with Crippen LogP contribution in [0.15, 0.2) is 52.9 Å². The number of aryl methyl sites for hydroxylation is 1. The number of carbonyl (C=O) groups is 1. The van der Waals surface area contributed by atoms with Crippen molar-refractivity contribution in [3.63, 3.8) is 0 Å². The zero-order valence-electron chi connectivity index (χ0n) is 17.9. The highest BCUT2D eigenvalue weighted by Crippen LogP contribution is 2.26. The number of fused-ring (bicyclic) bond motifs is 3. The molecule has 0 aliphatic rings. The van der Waals surface area contributed by atoms with Gasteiger partial charge in [0.25, 0.3) is 5.56 Å². The molecule has 7 nitrogen and oxygen atoms in total. The molecular weight excluding hydrogens is 455 g/mol. The first-order valence-corrected chi connectivity index (χ1v) is 11.0. The molecule has 4 aromatic rings. The van der Waals surface area contributed by atoms with Crippen molar-refractivity contribution in [1.29, 1.82) is 0 Å². The Kier molecular flexibility index (Phi) is 5.91. The highest BCUT2D eigenvalue weighted by Gasteiger charge is 2.30. The first-order chi connectivity index (χ1) is 15.6. The number of nitrogens with zero attached hydrogens (tertiary/aromatic N) is 5. The van der Waals surface area contributed by atoms with Gasteiger partial charge in [-0.3, -0.25) is 18.6 Å². The Bertz CT molecular complexity index is 1450. The number of thioether (sulfide) groups is 1. The summed E-state index contributed by atoms with van der Waals surface area (Å²) in [6.45, 7) is 5.82. The molecule has 0 radical (unpaired) electrons. The third-order valence-corrected chi connectivity index (χ3v) is 6.26. The van der Waals surface area contributed by atoms with Crippen molar-refractivity contribution >= 4 is 34.2 Å². The highest BCUT2D eigenvalue weighted by atomic mass is 32.2. The summed E-state index contributed by atoms with van der Waals surface area (Å²) in [4.78, 5) is 25.7. The molecule has 0 saturated heterocycles. The molecule has 33 heavy (non-hydrogen) atoms. The van der Waals surface area contributed by atoms with E-state index in [0.717, 1.165) is 16.3 Å². The summed E-state index contributed by atoms with van der Waals surface area (Å²) in [6.07, 6.45) is -2.80. The summed E-state index contributed by atoms with van der Waals surface area (Å²) in [7, 11) is 0. The van der Waals surface area contributed by atoms with Gasteiger partial charge in [-0.05, 0) is 32.0 Å². The largest absolute Gasteiger partial charge is 0.406 e. The normalized spacial score (nSPS) is 12.0. The number of ketones is 1. The Hall–Kier alpha value is -3.34. The van der Waals surface area contributed by atoms with Crippen molar-refractivity contribution in [3.05, 3.63) is 70.3 Å². The Balaban J connectivity index is 1.69. The van der Waals surface area contributed by atoms with Crippen LogP contribution in [0, 0.1) is 13.8 Å². The molecule has 4 rings (SSSR count). The Morgan fingerprint density at radius 1 is 1.18 bits per heavy atom. The molecule has 1 aromatic carbocycles. The molecule has 0 saturated carbocycles. The van der Waals surface area contributed by atoms with Crippen LogP contribution in [0.25, 0.3) is 16.7 Å². The van der Waals surface area contributed by atoms with E-state index in [2.05, 4.69) is 16.8 Å². The molecule has 0 atom stereocenters. The number of halogens is 3. The third kappa shape index (κ3) is 4.20. The number of Topliss-reactive ketones (excluding diaryl/α,β-unsaturated/α-hetero) is 1. The van der Waals surface area contributed by atoms with Crippen molar-refractivity contribution in [2.45, 2.75) is 38.3 Å². The van der Waals surface area contributed by atoms with Crippen LogP contribution in [0.4, 0.5) is 13.2 Å². The first kappa shape index (κ1) is 22.8.